The van der Waals surface area contributed by atoms with Gasteiger partial charge in [0.15, 0.2) is 5.78 Å². The predicted molar refractivity (Wildman–Crippen MR) is 105 cm³/mol. The minimum Gasteiger partial charge on any atom is -0.468 e. The summed E-state index contributed by atoms with van der Waals surface area (Å²) in [6.45, 7) is 4.86. The number of hydrogen-bond acceptors (Lipinski definition) is 4. The van der Waals surface area contributed by atoms with Crippen molar-refractivity contribution in [3.05, 3.63) is 47.2 Å². The Morgan fingerprint density at radius 1 is 1.11 bits per heavy atom. The number of fused-ring (bicyclic) bond motifs is 3. The van der Waals surface area contributed by atoms with E-state index in [0.29, 0.717) is 18.9 Å². The molecule has 4 heteroatoms. The number of Topliss-reactive ketones (excluding diaryl/α,β-unsaturated/α-hetero) is 1. The molecule has 0 radical (unpaired) electrons. The maximum Gasteiger partial charge on any atom is 0.209 e. The normalized spacial score (nSPS) is 36.4. The second kappa shape index (κ2) is 7.00. The third-order valence-electron chi connectivity index (χ3n) is 6.89. The van der Waals surface area contributed by atoms with Crippen LogP contribution >= 0.6 is 0 Å². The fourth-order valence-corrected chi connectivity index (χ4v) is 5.64. The minimum atomic E-state index is -0.358. The molecule has 2 aliphatic carbocycles. The van der Waals surface area contributed by atoms with Crippen molar-refractivity contribution in [1.29, 1.82) is 0 Å². The second-order valence-corrected chi connectivity index (χ2v) is 9.67. The van der Waals surface area contributed by atoms with Crippen molar-refractivity contribution in [2.75, 3.05) is 0 Å². The highest BCUT2D eigenvalue weighted by molar-refractivity contribution is 5.98. The Bertz CT molecular complexity index is 781. The molecule has 1 aromatic carbocycles. The predicted octanol–water partition coefficient (Wildman–Crippen LogP) is 4.78. The van der Waals surface area contributed by atoms with E-state index in [4.69, 9.17) is 14.2 Å². The number of rotatable bonds is 3. The van der Waals surface area contributed by atoms with Crippen LogP contribution in [0.4, 0.5) is 0 Å². The summed E-state index contributed by atoms with van der Waals surface area (Å²) in [4.78, 5) is 13.1. The third-order valence-corrected chi connectivity index (χ3v) is 6.89. The first-order chi connectivity index (χ1) is 13.5. The Hall–Kier alpha value is -1.65. The van der Waals surface area contributed by atoms with Gasteiger partial charge in [0.1, 0.15) is 5.76 Å². The van der Waals surface area contributed by atoms with E-state index >= 15 is 0 Å². The molecule has 0 spiro atoms. The molecule has 5 rings (SSSR count). The lowest BCUT2D eigenvalue weighted by Crippen LogP contribution is -2.53. The monoisotopic (exact) mass is 382 g/mol. The summed E-state index contributed by atoms with van der Waals surface area (Å²) < 4.78 is 19.2. The van der Waals surface area contributed by atoms with E-state index < -0.39 is 0 Å². The summed E-state index contributed by atoms with van der Waals surface area (Å²) in [5.74, 6) is 1.35. The molecule has 0 unspecified atom stereocenters. The van der Waals surface area contributed by atoms with Gasteiger partial charge in [0.05, 0.1) is 24.7 Å². The zero-order chi connectivity index (χ0) is 19.3. The van der Waals surface area contributed by atoms with Gasteiger partial charge in [-0.25, -0.2) is 0 Å². The van der Waals surface area contributed by atoms with Crippen LogP contribution in [0, 0.1) is 17.3 Å². The van der Waals surface area contributed by atoms with E-state index in [2.05, 4.69) is 26.0 Å². The van der Waals surface area contributed by atoms with Crippen molar-refractivity contribution in [2.45, 2.75) is 77.5 Å². The summed E-state index contributed by atoms with van der Waals surface area (Å²) >= 11 is 0. The Kier molecular flexibility index (Phi) is 4.59. The van der Waals surface area contributed by atoms with Crippen molar-refractivity contribution in [3.8, 4) is 0 Å². The highest BCUT2D eigenvalue weighted by Crippen LogP contribution is 2.52. The van der Waals surface area contributed by atoms with E-state index in [1.54, 1.807) is 0 Å². The number of hydrogen-bond donors (Lipinski definition) is 0. The molecule has 2 fully saturated rings. The topological polar surface area (TPSA) is 44.8 Å². The number of benzene rings is 1. The molecule has 0 N–H and O–H groups in total. The van der Waals surface area contributed by atoms with Gasteiger partial charge in [0, 0.05) is 24.3 Å². The fraction of sp³-hybridized carbons (Fsp3) is 0.625. The van der Waals surface area contributed by atoms with Gasteiger partial charge in [-0.05, 0) is 23.8 Å². The van der Waals surface area contributed by atoms with Gasteiger partial charge in [-0.15, -0.1) is 0 Å². The number of ketones is 1. The lowest BCUT2D eigenvalue weighted by Gasteiger charge is -2.46. The highest BCUT2D eigenvalue weighted by Gasteiger charge is 2.56. The van der Waals surface area contributed by atoms with E-state index in [0.717, 1.165) is 30.6 Å². The summed E-state index contributed by atoms with van der Waals surface area (Å²) in [5, 5.41) is 0. The van der Waals surface area contributed by atoms with Gasteiger partial charge < -0.3 is 14.2 Å². The van der Waals surface area contributed by atoms with Crippen LogP contribution in [0.5, 0.6) is 0 Å². The Balaban J connectivity index is 1.46. The minimum absolute atomic E-state index is 0.0121. The van der Waals surface area contributed by atoms with Crippen LogP contribution in [-0.2, 0) is 25.6 Å². The van der Waals surface area contributed by atoms with Gasteiger partial charge in [-0.3, -0.25) is 4.79 Å². The van der Waals surface area contributed by atoms with Crippen LogP contribution in [0.15, 0.2) is 41.7 Å². The van der Waals surface area contributed by atoms with Gasteiger partial charge in [-0.2, -0.15) is 0 Å². The molecule has 4 nitrogen and oxygen atoms in total. The van der Waals surface area contributed by atoms with Crippen LogP contribution in [0.25, 0.3) is 0 Å². The average Bonchev–Trinajstić information content (AvgIpc) is 3.02. The number of ether oxygens (including phenoxy) is 3. The van der Waals surface area contributed by atoms with Crippen LogP contribution in [-0.4, -0.2) is 24.3 Å². The van der Waals surface area contributed by atoms with E-state index in [-0.39, 0.29) is 35.6 Å². The van der Waals surface area contributed by atoms with Crippen molar-refractivity contribution >= 4 is 5.78 Å². The molecular formula is C24H30O4. The molecule has 5 atom stereocenters. The number of carbonyl (C=O) groups is 1. The molecule has 1 aromatic rings. The zero-order valence-electron chi connectivity index (χ0n) is 16.9. The Labute approximate surface area is 167 Å². The van der Waals surface area contributed by atoms with Crippen molar-refractivity contribution in [3.63, 3.8) is 0 Å². The van der Waals surface area contributed by atoms with Crippen molar-refractivity contribution in [1.82, 2.24) is 0 Å². The lowest BCUT2D eigenvalue weighted by atomic mass is 9.69. The zero-order valence-corrected chi connectivity index (χ0v) is 16.9. The molecular weight excluding hydrogens is 352 g/mol. The first-order valence-corrected chi connectivity index (χ1v) is 10.8. The smallest absolute Gasteiger partial charge is 0.209 e. The van der Waals surface area contributed by atoms with Crippen molar-refractivity contribution < 1.29 is 19.0 Å². The first kappa shape index (κ1) is 18.4. The maximum atomic E-state index is 13.1. The maximum absolute atomic E-state index is 13.1. The molecule has 0 amide bonds. The fourth-order valence-electron chi connectivity index (χ4n) is 5.64. The Morgan fingerprint density at radius 3 is 2.71 bits per heavy atom. The first-order valence-electron chi connectivity index (χ1n) is 10.8. The molecule has 2 aliphatic heterocycles. The van der Waals surface area contributed by atoms with Gasteiger partial charge in [0.2, 0.25) is 6.29 Å². The molecule has 1 saturated carbocycles. The number of carbonyl (C=O) groups excluding carboxylic acids is 1. The molecule has 4 aliphatic rings. The van der Waals surface area contributed by atoms with Crippen LogP contribution in [0.3, 0.4) is 0 Å². The van der Waals surface area contributed by atoms with Gasteiger partial charge >= 0.3 is 0 Å². The standard InChI is InChI=1S/C24H30O4/c1-24(2)12-17(25)20-19(13-24)28-23-21(20)22(16-10-6-7-11-18(16)27-23)26-14-15-8-4-3-5-9-15/h3-5,8-9,16,18,21-23H,6-7,10-14H2,1-2H3/t16-,18-,21+,22-,23+/m1/s1. The second-order valence-electron chi connectivity index (χ2n) is 9.67. The molecule has 0 bridgehead atoms. The average molecular weight is 383 g/mol. The molecule has 0 aromatic heterocycles. The van der Waals surface area contributed by atoms with E-state index in [1.807, 2.05) is 18.2 Å². The summed E-state index contributed by atoms with van der Waals surface area (Å²) in [7, 11) is 0. The molecule has 150 valence electrons. The third kappa shape index (κ3) is 3.21. The Morgan fingerprint density at radius 2 is 1.89 bits per heavy atom. The van der Waals surface area contributed by atoms with Crippen LogP contribution in [0.2, 0.25) is 0 Å². The van der Waals surface area contributed by atoms with Gasteiger partial charge in [0.25, 0.3) is 0 Å². The quantitative estimate of drug-likeness (QED) is 0.755. The summed E-state index contributed by atoms with van der Waals surface area (Å²) in [6, 6.07) is 10.3. The SMILES string of the molecule is CC1(C)CC(=O)C2=C(C1)O[C@@H]1O[C@@H]3CCCC[C@H]3[C@@H](OCc3ccccc3)[C@H]21. The molecule has 28 heavy (non-hydrogen) atoms. The van der Waals surface area contributed by atoms with E-state index in [1.165, 1.54) is 18.4 Å². The highest BCUT2D eigenvalue weighted by atomic mass is 16.7. The molecule has 2 heterocycles. The van der Waals surface area contributed by atoms with Gasteiger partial charge in [-0.1, -0.05) is 57.0 Å². The summed E-state index contributed by atoms with van der Waals surface area (Å²) in [6.07, 6.45) is 5.78. The lowest BCUT2D eigenvalue weighted by molar-refractivity contribution is -0.252. The largest absolute Gasteiger partial charge is 0.468 e. The number of allylic oxidation sites excluding steroid dienone is 1. The molecule has 1 saturated heterocycles. The van der Waals surface area contributed by atoms with Crippen LogP contribution in [0.1, 0.15) is 57.9 Å². The van der Waals surface area contributed by atoms with Crippen LogP contribution < -0.4 is 0 Å². The van der Waals surface area contributed by atoms with E-state index in [9.17, 15) is 4.79 Å². The summed E-state index contributed by atoms with van der Waals surface area (Å²) in [5.41, 5.74) is 1.99. The van der Waals surface area contributed by atoms with Crippen molar-refractivity contribution in [2.24, 2.45) is 17.3 Å².